The molecule has 0 heterocycles. The number of hydrogen-bond donors (Lipinski definition) is 0. The first-order valence-corrected chi connectivity index (χ1v) is 7.60. The molecular weight excluding hydrogens is 311 g/mol. The maximum atomic E-state index is 6.23. The van der Waals surface area contributed by atoms with E-state index in [-0.39, 0.29) is 0 Å². The van der Waals surface area contributed by atoms with Crippen molar-refractivity contribution < 1.29 is 0 Å². The van der Waals surface area contributed by atoms with Crippen molar-refractivity contribution >= 4 is 23.2 Å². The molecule has 0 aromatic heterocycles. The molecule has 0 aliphatic heterocycles. The summed E-state index contributed by atoms with van der Waals surface area (Å²) in [5.41, 5.74) is 2.55. The first-order valence-electron chi connectivity index (χ1n) is 6.84. The van der Waals surface area contributed by atoms with E-state index in [0.29, 0.717) is 10.0 Å². The fraction of sp³-hybridized carbons (Fsp3) is 0.100. The number of halogens is 2. The normalized spacial score (nSPS) is 11.4. The summed E-state index contributed by atoms with van der Waals surface area (Å²) in [7, 11) is 0. The highest BCUT2D eigenvalue weighted by Gasteiger charge is 2.31. The van der Waals surface area contributed by atoms with Gasteiger partial charge in [-0.05, 0) is 72.1 Å². The Morgan fingerprint density at radius 3 is 1.86 bits per heavy atom. The van der Waals surface area contributed by atoms with Crippen molar-refractivity contribution in [2.45, 2.75) is 12.3 Å². The highest BCUT2D eigenvalue weighted by molar-refractivity contribution is 6.42. The molecule has 3 aromatic carbocycles. The van der Waals surface area contributed by atoms with Gasteiger partial charge in [-0.25, -0.2) is 0 Å². The van der Waals surface area contributed by atoms with Gasteiger partial charge in [0, 0.05) is 5.41 Å². The first kappa shape index (κ1) is 15.1. The van der Waals surface area contributed by atoms with E-state index >= 15 is 0 Å². The van der Waals surface area contributed by atoms with E-state index in [1.165, 1.54) is 0 Å². The van der Waals surface area contributed by atoms with Crippen LogP contribution in [0.5, 0.6) is 0 Å². The van der Waals surface area contributed by atoms with E-state index in [1.54, 1.807) is 0 Å². The molecule has 0 saturated carbocycles. The highest BCUT2D eigenvalue weighted by atomic mass is 35.5. The molecule has 0 aliphatic carbocycles. The summed E-state index contributed by atoms with van der Waals surface area (Å²) >= 11 is 12.3. The van der Waals surface area contributed by atoms with Crippen molar-refractivity contribution in [1.82, 2.24) is 0 Å². The first-order chi connectivity index (χ1) is 10.6. The van der Waals surface area contributed by atoms with Crippen molar-refractivity contribution in [1.29, 1.82) is 0 Å². The lowest BCUT2D eigenvalue weighted by Crippen LogP contribution is -2.25. The summed E-state index contributed by atoms with van der Waals surface area (Å²) in [6.45, 7) is 2.12. The van der Waals surface area contributed by atoms with Crippen LogP contribution >= 0.6 is 23.2 Å². The molecule has 0 atom stereocenters. The molecule has 0 nitrogen and oxygen atoms in total. The van der Waals surface area contributed by atoms with Crippen LogP contribution in [0.2, 0.25) is 10.0 Å². The second-order valence-electron chi connectivity index (χ2n) is 5.16. The molecule has 0 spiro atoms. The van der Waals surface area contributed by atoms with Gasteiger partial charge < -0.3 is 0 Å². The van der Waals surface area contributed by atoms with Crippen molar-refractivity contribution in [3.05, 3.63) is 106 Å². The zero-order chi connectivity index (χ0) is 15.6. The topological polar surface area (TPSA) is 0 Å². The summed E-state index contributed by atoms with van der Waals surface area (Å²) in [5.74, 6) is 0. The Morgan fingerprint density at radius 2 is 1.41 bits per heavy atom. The van der Waals surface area contributed by atoms with E-state index < -0.39 is 5.41 Å². The van der Waals surface area contributed by atoms with Crippen LogP contribution in [-0.2, 0) is 5.41 Å². The van der Waals surface area contributed by atoms with Gasteiger partial charge in [0.1, 0.15) is 0 Å². The van der Waals surface area contributed by atoms with Crippen molar-refractivity contribution in [3.63, 3.8) is 0 Å². The Bertz CT molecular complexity index is 725. The second kappa shape index (κ2) is 6.16. The molecule has 0 unspecified atom stereocenters. The summed E-state index contributed by atoms with van der Waals surface area (Å²) in [5, 5.41) is 1.07. The monoisotopic (exact) mass is 322 g/mol. The third kappa shape index (κ3) is 2.65. The summed E-state index contributed by atoms with van der Waals surface area (Å²) in [4.78, 5) is 0. The predicted molar refractivity (Wildman–Crippen MR) is 90.2 cm³/mol. The molecule has 0 bridgehead atoms. The zero-order valence-corrected chi connectivity index (χ0v) is 13.5. The number of rotatable bonds is 3. The summed E-state index contributed by atoms with van der Waals surface area (Å²) < 4.78 is 0. The van der Waals surface area contributed by atoms with Gasteiger partial charge in [-0.15, -0.1) is 0 Å². The highest BCUT2D eigenvalue weighted by Crippen LogP contribution is 2.40. The Labute approximate surface area is 141 Å². The maximum Gasteiger partial charge on any atom is 0.0595 e. The van der Waals surface area contributed by atoms with Crippen LogP contribution in [-0.4, -0.2) is 0 Å². The SMILES string of the molecule is CC(c1[c]cc[c]c1)(c1[c]cc[c]c1)c1ccc(Cl)c(Cl)c1. The van der Waals surface area contributed by atoms with E-state index in [9.17, 15) is 0 Å². The fourth-order valence-electron chi connectivity index (χ4n) is 2.55. The van der Waals surface area contributed by atoms with E-state index in [1.807, 2.05) is 54.6 Å². The Hall–Kier alpha value is -1.76. The van der Waals surface area contributed by atoms with Crippen LogP contribution < -0.4 is 0 Å². The molecule has 0 saturated heterocycles. The van der Waals surface area contributed by atoms with Gasteiger partial charge in [-0.1, -0.05) is 53.5 Å². The van der Waals surface area contributed by atoms with Crippen LogP contribution in [0.3, 0.4) is 0 Å². The van der Waals surface area contributed by atoms with Crippen LogP contribution in [0.15, 0.2) is 54.6 Å². The minimum Gasteiger partial charge on any atom is -0.0827 e. The van der Waals surface area contributed by atoms with Gasteiger partial charge in [0.15, 0.2) is 0 Å². The van der Waals surface area contributed by atoms with Crippen LogP contribution in [0.1, 0.15) is 23.6 Å². The van der Waals surface area contributed by atoms with Crippen molar-refractivity contribution in [2.75, 3.05) is 0 Å². The molecular formula is C20H12Cl2. The number of hydrogen-bond acceptors (Lipinski definition) is 0. The molecule has 106 valence electrons. The molecule has 4 radical (unpaired) electrons. The van der Waals surface area contributed by atoms with Gasteiger partial charge in [0.05, 0.1) is 10.0 Å². The summed E-state index contributed by atoms with van der Waals surface area (Å²) in [6, 6.07) is 29.8. The molecule has 0 aliphatic rings. The molecule has 3 aromatic rings. The zero-order valence-electron chi connectivity index (χ0n) is 12.0. The lowest BCUT2D eigenvalue weighted by atomic mass is 9.71. The minimum atomic E-state index is -0.455. The van der Waals surface area contributed by atoms with Gasteiger partial charge in [-0.2, -0.15) is 0 Å². The van der Waals surface area contributed by atoms with Crippen LogP contribution in [0, 0.1) is 24.3 Å². The quantitative estimate of drug-likeness (QED) is 0.555. The largest absolute Gasteiger partial charge is 0.0827 e. The van der Waals surface area contributed by atoms with Crippen molar-refractivity contribution in [3.8, 4) is 0 Å². The Morgan fingerprint density at radius 1 is 0.818 bits per heavy atom. The third-order valence-electron chi connectivity index (χ3n) is 3.87. The van der Waals surface area contributed by atoms with Crippen molar-refractivity contribution in [2.24, 2.45) is 0 Å². The van der Waals surface area contributed by atoms with Gasteiger partial charge in [0.25, 0.3) is 0 Å². The molecule has 0 fully saturated rings. The van der Waals surface area contributed by atoms with E-state index in [4.69, 9.17) is 23.2 Å². The Balaban J connectivity index is 2.26. The molecule has 0 N–H and O–H groups in total. The standard InChI is InChI=1S/C20H12Cl2/c1-20(15-8-4-2-5-9-15,16-10-6-3-7-11-16)17-12-13-18(21)19(22)14-17/h2-4,6,9,11-14H,1H3. The lowest BCUT2D eigenvalue weighted by molar-refractivity contribution is 0.689. The lowest BCUT2D eigenvalue weighted by Gasteiger charge is -2.31. The smallest absolute Gasteiger partial charge is 0.0595 e. The maximum absolute atomic E-state index is 6.23. The third-order valence-corrected chi connectivity index (χ3v) is 4.61. The Kier molecular flexibility index (Phi) is 4.24. The van der Waals surface area contributed by atoms with E-state index in [0.717, 1.165) is 16.7 Å². The van der Waals surface area contributed by atoms with E-state index in [2.05, 4.69) is 31.2 Å². The van der Waals surface area contributed by atoms with Gasteiger partial charge in [-0.3, -0.25) is 0 Å². The van der Waals surface area contributed by atoms with Gasteiger partial charge >= 0.3 is 0 Å². The van der Waals surface area contributed by atoms with Crippen LogP contribution in [0.25, 0.3) is 0 Å². The molecule has 0 amide bonds. The summed E-state index contributed by atoms with van der Waals surface area (Å²) in [6.07, 6.45) is 0. The fourth-order valence-corrected chi connectivity index (χ4v) is 2.84. The second-order valence-corrected chi connectivity index (χ2v) is 5.97. The van der Waals surface area contributed by atoms with Crippen LogP contribution in [0.4, 0.5) is 0 Å². The molecule has 2 heteroatoms. The average Bonchev–Trinajstić information content (AvgIpc) is 2.58. The number of benzene rings is 3. The predicted octanol–water partition coefficient (Wildman–Crippen LogP) is 5.55. The minimum absolute atomic E-state index is 0.455. The van der Waals surface area contributed by atoms with Gasteiger partial charge in [0.2, 0.25) is 0 Å². The molecule has 22 heavy (non-hydrogen) atoms. The molecule has 3 rings (SSSR count). The average molecular weight is 323 g/mol.